The van der Waals surface area contributed by atoms with E-state index in [4.69, 9.17) is 0 Å². The van der Waals surface area contributed by atoms with Crippen molar-refractivity contribution in [1.82, 2.24) is 9.80 Å². The highest BCUT2D eigenvalue weighted by molar-refractivity contribution is 5.94. The number of hydrogen-bond donors (Lipinski definition) is 0. The summed E-state index contributed by atoms with van der Waals surface area (Å²) < 4.78 is 0. The second-order valence-electron chi connectivity index (χ2n) is 12.1. The molecule has 2 aromatic carbocycles. The maximum Gasteiger partial charge on any atom is 0.246 e. The van der Waals surface area contributed by atoms with Gasteiger partial charge in [-0.3, -0.25) is 9.59 Å². The van der Waals surface area contributed by atoms with Gasteiger partial charge in [0.15, 0.2) is 0 Å². The molecule has 0 aromatic heterocycles. The average molecular weight is 487 g/mol. The number of piperazine rings is 1. The van der Waals surface area contributed by atoms with E-state index in [1.807, 2.05) is 35.8 Å². The molecule has 4 heteroatoms. The van der Waals surface area contributed by atoms with Crippen molar-refractivity contribution in [2.45, 2.75) is 78.3 Å². The van der Waals surface area contributed by atoms with Crippen LogP contribution in [0.4, 0.5) is 0 Å². The molecule has 0 radical (unpaired) electrons. The van der Waals surface area contributed by atoms with Crippen molar-refractivity contribution in [3.05, 3.63) is 82.9 Å². The van der Waals surface area contributed by atoms with Crippen LogP contribution in [0, 0.1) is 0 Å². The number of benzene rings is 2. The Kier molecular flexibility index (Phi) is 8.28. The van der Waals surface area contributed by atoms with E-state index in [1.54, 1.807) is 12.2 Å². The number of rotatable bonds is 4. The van der Waals surface area contributed by atoms with Gasteiger partial charge >= 0.3 is 0 Å². The van der Waals surface area contributed by atoms with Gasteiger partial charge in [0.05, 0.1) is 0 Å². The highest BCUT2D eigenvalue weighted by Gasteiger charge is 2.32. The van der Waals surface area contributed by atoms with Crippen LogP contribution >= 0.6 is 0 Å². The van der Waals surface area contributed by atoms with Gasteiger partial charge in [0, 0.05) is 37.3 Å². The maximum atomic E-state index is 13.0. The molecule has 0 saturated carbocycles. The molecule has 2 unspecified atom stereocenters. The van der Waals surface area contributed by atoms with Gasteiger partial charge in [-0.1, -0.05) is 90.1 Å². The molecular weight excluding hydrogens is 444 g/mol. The zero-order valence-corrected chi connectivity index (χ0v) is 23.2. The molecule has 2 aromatic rings. The summed E-state index contributed by atoms with van der Waals surface area (Å²) in [5.41, 5.74) is 4.76. The molecular formula is C32H42N2O2. The molecule has 0 bridgehead atoms. The largest absolute Gasteiger partial charge is 0.333 e. The Hall–Kier alpha value is -3.14. The van der Waals surface area contributed by atoms with Gasteiger partial charge in [0.2, 0.25) is 11.8 Å². The van der Waals surface area contributed by atoms with E-state index in [2.05, 4.69) is 90.1 Å². The molecule has 1 aliphatic rings. The van der Waals surface area contributed by atoms with Crippen molar-refractivity contribution in [2.24, 2.45) is 0 Å². The first-order valence-corrected chi connectivity index (χ1v) is 12.9. The molecule has 2 atom stereocenters. The van der Waals surface area contributed by atoms with Crippen molar-refractivity contribution in [3.63, 3.8) is 0 Å². The molecule has 0 N–H and O–H groups in total. The van der Waals surface area contributed by atoms with Gasteiger partial charge in [0.1, 0.15) is 0 Å². The Labute approximate surface area is 217 Å². The minimum atomic E-state index is -0.0509. The van der Waals surface area contributed by atoms with Crippen molar-refractivity contribution in [1.29, 1.82) is 0 Å². The van der Waals surface area contributed by atoms with E-state index < -0.39 is 0 Å². The third kappa shape index (κ3) is 6.96. The van der Waals surface area contributed by atoms with Crippen molar-refractivity contribution >= 4 is 24.0 Å². The van der Waals surface area contributed by atoms with Crippen molar-refractivity contribution in [2.75, 3.05) is 13.1 Å². The predicted molar refractivity (Wildman–Crippen MR) is 151 cm³/mol. The number of carbonyl (C=O) groups excluding carboxylic acids is 2. The molecule has 4 nitrogen and oxygen atoms in total. The Bertz CT molecular complexity index is 1020. The minimum Gasteiger partial charge on any atom is -0.333 e. The molecule has 36 heavy (non-hydrogen) atoms. The molecule has 0 aliphatic carbocycles. The highest BCUT2D eigenvalue weighted by Crippen LogP contribution is 2.24. The summed E-state index contributed by atoms with van der Waals surface area (Å²) in [6.07, 6.45) is 7.04. The fourth-order valence-electron chi connectivity index (χ4n) is 4.46. The van der Waals surface area contributed by atoms with Crippen LogP contribution in [0.2, 0.25) is 0 Å². The normalized spacial score (nSPS) is 19.3. The summed E-state index contributed by atoms with van der Waals surface area (Å²) in [7, 11) is 0. The number of carbonyl (C=O) groups is 2. The van der Waals surface area contributed by atoms with Gasteiger partial charge in [-0.05, 0) is 59.1 Å². The molecule has 3 rings (SSSR count). The molecule has 1 saturated heterocycles. The van der Waals surface area contributed by atoms with Gasteiger partial charge in [-0.2, -0.15) is 0 Å². The van der Waals surface area contributed by atoms with Crippen molar-refractivity contribution < 1.29 is 9.59 Å². The van der Waals surface area contributed by atoms with Crippen LogP contribution in [0.1, 0.15) is 77.6 Å². The maximum absolute atomic E-state index is 13.0. The van der Waals surface area contributed by atoms with Crippen LogP contribution in [0.3, 0.4) is 0 Å². The lowest BCUT2D eigenvalue weighted by Crippen LogP contribution is -2.59. The van der Waals surface area contributed by atoms with Crippen LogP contribution in [0.15, 0.2) is 60.7 Å². The lowest BCUT2D eigenvalue weighted by molar-refractivity contribution is -0.139. The monoisotopic (exact) mass is 486 g/mol. The molecule has 0 spiro atoms. The zero-order chi connectivity index (χ0) is 26.7. The van der Waals surface area contributed by atoms with E-state index in [9.17, 15) is 9.59 Å². The third-order valence-electron chi connectivity index (χ3n) is 6.94. The Morgan fingerprint density at radius 2 is 0.944 bits per heavy atom. The highest BCUT2D eigenvalue weighted by atomic mass is 16.2. The van der Waals surface area contributed by atoms with Gasteiger partial charge in [-0.25, -0.2) is 0 Å². The second-order valence-corrected chi connectivity index (χ2v) is 12.1. The van der Waals surface area contributed by atoms with E-state index in [-0.39, 0.29) is 34.7 Å². The fourth-order valence-corrected chi connectivity index (χ4v) is 4.46. The number of nitrogens with zero attached hydrogens (tertiary/aromatic N) is 2. The number of hydrogen-bond acceptors (Lipinski definition) is 2. The molecule has 2 amide bonds. The Morgan fingerprint density at radius 1 is 0.639 bits per heavy atom. The van der Waals surface area contributed by atoms with Gasteiger partial charge in [-0.15, -0.1) is 0 Å². The Balaban J connectivity index is 1.60. The van der Waals surface area contributed by atoms with Crippen LogP contribution in [-0.4, -0.2) is 46.8 Å². The second kappa shape index (κ2) is 10.9. The summed E-state index contributed by atoms with van der Waals surface area (Å²) in [4.78, 5) is 29.6. The van der Waals surface area contributed by atoms with E-state index in [0.29, 0.717) is 13.1 Å². The summed E-state index contributed by atoms with van der Waals surface area (Å²) >= 11 is 0. The smallest absolute Gasteiger partial charge is 0.246 e. The van der Waals surface area contributed by atoms with Crippen molar-refractivity contribution in [3.8, 4) is 0 Å². The average Bonchev–Trinajstić information content (AvgIpc) is 2.81. The van der Waals surface area contributed by atoms with Gasteiger partial charge < -0.3 is 9.80 Å². The van der Waals surface area contributed by atoms with E-state index >= 15 is 0 Å². The van der Waals surface area contributed by atoms with Gasteiger partial charge in [0.25, 0.3) is 0 Å². The summed E-state index contributed by atoms with van der Waals surface area (Å²) in [6, 6.07) is 16.6. The molecule has 1 aliphatic heterocycles. The SMILES string of the molecule is CC1CN(C(=O)C=Cc2ccc(C(C)(C)C)cc2)C(C)CN1C(=O)C=Cc1ccc(C(C)(C)C)cc1. The lowest BCUT2D eigenvalue weighted by atomic mass is 9.87. The minimum absolute atomic E-state index is 0.0178. The van der Waals surface area contributed by atoms with Crippen LogP contribution in [0.5, 0.6) is 0 Å². The topological polar surface area (TPSA) is 40.6 Å². The molecule has 1 fully saturated rings. The molecule has 192 valence electrons. The quantitative estimate of drug-likeness (QED) is 0.466. The zero-order valence-electron chi connectivity index (χ0n) is 23.2. The standard InChI is InChI=1S/C32H42N2O2/c1-23-21-34(30(36)20-14-26-11-17-28(18-12-26)32(6,7)8)24(2)22-33(23)29(35)19-13-25-9-15-27(16-10-25)31(3,4)5/h9-20,23-24H,21-22H2,1-8H3. The van der Waals surface area contributed by atoms with E-state index in [0.717, 1.165) is 11.1 Å². The van der Waals surface area contributed by atoms with Crippen LogP contribution in [0.25, 0.3) is 12.2 Å². The lowest BCUT2D eigenvalue weighted by Gasteiger charge is -2.43. The third-order valence-corrected chi connectivity index (χ3v) is 6.94. The Morgan fingerprint density at radius 3 is 1.22 bits per heavy atom. The fraction of sp³-hybridized carbons (Fsp3) is 0.438. The predicted octanol–water partition coefficient (Wildman–Crippen LogP) is 6.46. The van der Waals surface area contributed by atoms with E-state index in [1.165, 1.54) is 11.1 Å². The molecule has 1 heterocycles. The first kappa shape index (κ1) is 27.4. The summed E-state index contributed by atoms with van der Waals surface area (Å²) in [6.45, 7) is 18.2. The summed E-state index contributed by atoms with van der Waals surface area (Å²) in [5, 5.41) is 0. The first-order chi connectivity index (χ1) is 16.8. The van der Waals surface area contributed by atoms with Crippen LogP contribution in [-0.2, 0) is 20.4 Å². The first-order valence-electron chi connectivity index (χ1n) is 12.9. The van der Waals surface area contributed by atoms with Crippen LogP contribution < -0.4 is 0 Å². The number of amides is 2. The summed E-state index contributed by atoms with van der Waals surface area (Å²) in [5.74, 6) is -0.0355.